The van der Waals surface area contributed by atoms with Gasteiger partial charge in [0, 0.05) is 25.1 Å². The van der Waals surface area contributed by atoms with Crippen molar-refractivity contribution >= 4 is 0 Å². The van der Waals surface area contributed by atoms with Crippen molar-refractivity contribution in [3.63, 3.8) is 0 Å². The van der Waals surface area contributed by atoms with E-state index in [9.17, 15) is 10.2 Å². The molecule has 0 radical (unpaired) electrons. The number of aliphatic hydroxyl groups is 2. The number of hydrogen-bond donors (Lipinski definition) is 3. The Morgan fingerprint density at radius 1 is 1.17 bits per heavy atom. The van der Waals surface area contributed by atoms with E-state index >= 15 is 0 Å². The van der Waals surface area contributed by atoms with Gasteiger partial charge in [0.05, 0.1) is 6.10 Å². The van der Waals surface area contributed by atoms with Crippen LogP contribution in [0.3, 0.4) is 0 Å². The molecule has 0 saturated heterocycles. The second-order valence-electron chi connectivity index (χ2n) is 7.27. The summed E-state index contributed by atoms with van der Waals surface area (Å²) >= 11 is 0. The standard InChI is InChI=1S/C15H31NO2/c1-14(2,3)9-13(18)10-16-11-15(12-17)7-5-4-6-8-15/h13,16-18H,4-12H2,1-3H3. The average molecular weight is 257 g/mol. The molecule has 18 heavy (non-hydrogen) atoms. The molecule has 1 unspecified atom stereocenters. The van der Waals surface area contributed by atoms with Crippen molar-refractivity contribution in [3.05, 3.63) is 0 Å². The van der Waals surface area contributed by atoms with Crippen molar-refractivity contribution in [2.45, 2.75) is 65.4 Å². The number of rotatable bonds is 6. The fourth-order valence-corrected chi connectivity index (χ4v) is 2.98. The molecule has 0 aromatic rings. The topological polar surface area (TPSA) is 52.5 Å². The van der Waals surface area contributed by atoms with Gasteiger partial charge in [-0.2, -0.15) is 0 Å². The molecule has 3 nitrogen and oxygen atoms in total. The summed E-state index contributed by atoms with van der Waals surface area (Å²) < 4.78 is 0. The Hall–Kier alpha value is -0.120. The molecule has 0 bridgehead atoms. The van der Waals surface area contributed by atoms with Gasteiger partial charge in [0.15, 0.2) is 0 Å². The van der Waals surface area contributed by atoms with Gasteiger partial charge < -0.3 is 15.5 Å². The van der Waals surface area contributed by atoms with Gasteiger partial charge in [0.25, 0.3) is 0 Å². The first-order valence-corrected chi connectivity index (χ1v) is 7.37. The maximum atomic E-state index is 9.95. The Balaban J connectivity index is 2.27. The molecule has 0 aromatic carbocycles. The fraction of sp³-hybridized carbons (Fsp3) is 1.00. The van der Waals surface area contributed by atoms with Crippen LogP contribution in [-0.2, 0) is 0 Å². The molecule has 3 heteroatoms. The molecule has 0 spiro atoms. The Labute approximate surface area is 112 Å². The third-order valence-electron chi connectivity index (χ3n) is 3.98. The Bertz CT molecular complexity index is 229. The second-order valence-corrected chi connectivity index (χ2v) is 7.27. The molecule has 108 valence electrons. The minimum atomic E-state index is -0.288. The van der Waals surface area contributed by atoms with Crippen LogP contribution in [0.1, 0.15) is 59.3 Å². The predicted molar refractivity (Wildman–Crippen MR) is 75.6 cm³/mol. The number of hydrogen-bond acceptors (Lipinski definition) is 3. The molecule has 3 N–H and O–H groups in total. The minimum absolute atomic E-state index is 0.0691. The zero-order valence-corrected chi connectivity index (χ0v) is 12.3. The van der Waals surface area contributed by atoms with E-state index < -0.39 is 0 Å². The lowest BCUT2D eigenvalue weighted by Gasteiger charge is -2.36. The molecule has 0 aliphatic heterocycles. The maximum absolute atomic E-state index is 9.95. The summed E-state index contributed by atoms with van der Waals surface area (Å²) in [6.07, 6.45) is 6.52. The van der Waals surface area contributed by atoms with Gasteiger partial charge in [0.1, 0.15) is 0 Å². The molecule has 1 aliphatic carbocycles. The van der Waals surface area contributed by atoms with E-state index in [1.807, 2.05) is 0 Å². The van der Waals surface area contributed by atoms with Gasteiger partial charge in [-0.3, -0.25) is 0 Å². The Morgan fingerprint density at radius 3 is 2.28 bits per heavy atom. The minimum Gasteiger partial charge on any atom is -0.396 e. The largest absolute Gasteiger partial charge is 0.396 e. The highest BCUT2D eigenvalue weighted by Gasteiger charge is 2.31. The molecule has 0 heterocycles. The van der Waals surface area contributed by atoms with Crippen molar-refractivity contribution in [2.75, 3.05) is 19.7 Å². The van der Waals surface area contributed by atoms with E-state index in [4.69, 9.17) is 0 Å². The van der Waals surface area contributed by atoms with Crippen molar-refractivity contribution < 1.29 is 10.2 Å². The highest BCUT2D eigenvalue weighted by Crippen LogP contribution is 2.35. The first-order valence-electron chi connectivity index (χ1n) is 7.37. The van der Waals surface area contributed by atoms with Crippen LogP contribution in [0.4, 0.5) is 0 Å². The zero-order chi connectivity index (χ0) is 13.6. The van der Waals surface area contributed by atoms with E-state index in [1.54, 1.807) is 0 Å². The Morgan fingerprint density at radius 2 is 1.78 bits per heavy atom. The van der Waals surface area contributed by atoms with E-state index in [0.717, 1.165) is 25.8 Å². The van der Waals surface area contributed by atoms with Gasteiger partial charge in [0.2, 0.25) is 0 Å². The third kappa shape index (κ3) is 5.68. The van der Waals surface area contributed by atoms with E-state index in [2.05, 4.69) is 26.1 Å². The van der Waals surface area contributed by atoms with Crippen molar-refractivity contribution in [1.82, 2.24) is 5.32 Å². The van der Waals surface area contributed by atoms with Gasteiger partial charge in [-0.25, -0.2) is 0 Å². The quantitative estimate of drug-likeness (QED) is 0.684. The highest BCUT2D eigenvalue weighted by molar-refractivity contribution is 4.84. The molecule has 1 atom stereocenters. The summed E-state index contributed by atoms with van der Waals surface area (Å²) in [4.78, 5) is 0. The van der Waals surface area contributed by atoms with Crippen molar-refractivity contribution in [3.8, 4) is 0 Å². The summed E-state index contributed by atoms with van der Waals surface area (Å²) in [6.45, 7) is 8.19. The van der Waals surface area contributed by atoms with Crippen LogP contribution in [0.5, 0.6) is 0 Å². The maximum Gasteiger partial charge on any atom is 0.0669 e. The lowest BCUT2D eigenvalue weighted by molar-refractivity contribution is 0.0706. The van der Waals surface area contributed by atoms with Crippen LogP contribution in [0.2, 0.25) is 0 Å². The molecule has 1 fully saturated rings. The molecular weight excluding hydrogens is 226 g/mol. The normalized spacial score (nSPS) is 21.8. The SMILES string of the molecule is CC(C)(C)CC(O)CNCC1(CO)CCCCC1. The molecule has 0 amide bonds. The molecule has 1 aliphatic rings. The zero-order valence-electron chi connectivity index (χ0n) is 12.3. The first kappa shape index (κ1) is 15.9. The van der Waals surface area contributed by atoms with Gasteiger partial charge in [-0.15, -0.1) is 0 Å². The lowest BCUT2D eigenvalue weighted by Crippen LogP contribution is -2.42. The average Bonchev–Trinajstić information content (AvgIpc) is 2.28. The van der Waals surface area contributed by atoms with Crippen LogP contribution in [0.25, 0.3) is 0 Å². The molecular formula is C15H31NO2. The van der Waals surface area contributed by atoms with Crippen LogP contribution in [-0.4, -0.2) is 36.0 Å². The second kappa shape index (κ2) is 6.88. The highest BCUT2D eigenvalue weighted by atomic mass is 16.3. The lowest BCUT2D eigenvalue weighted by atomic mass is 9.74. The number of nitrogens with one attached hydrogen (secondary N) is 1. The monoisotopic (exact) mass is 257 g/mol. The van der Waals surface area contributed by atoms with E-state index in [-0.39, 0.29) is 23.5 Å². The Kier molecular flexibility index (Phi) is 6.09. The van der Waals surface area contributed by atoms with Crippen LogP contribution >= 0.6 is 0 Å². The fourth-order valence-electron chi connectivity index (χ4n) is 2.98. The predicted octanol–water partition coefficient (Wildman–Crippen LogP) is 2.32. The number of aliphatic hydroxyl groups excluding tert-OH is 2. The summed E-state index contributed by atoms with van der Waals surface area (Å²) in [7, 11) is 0. The molecule has 0 aromatic heterocycles. The first-order chi connectivity index (χ1) is 8.37. The smallest absolute Gasteiger partial charge is 0.0669 e. The van der Waals surface area contributed by atoms with Gasteiger partial charge >= 0.3 is 0 Å². The molecule has 1 saturated carbocycles. The van der Waals surface area contributed by atoms with Crippen LogP contribution in [0.15, 0.2) is 0 Å². The van der Waals surface area contributed by atoms with Crippen molar-refractivity contribution in [1.29, 1.82) is 0 Å². The third-order valence-corrected chi connectivity index (χ3v) is 3.98. The van der Waals surface area contributed by atoms with E-state index in [0.29, 0.717) is 6.54 Å². The van der Waals surface area contributed by atoms with Crippen molar-refractivity contribution in [2.24, 2.45) is 10.8 Å². The van der Waals surface area contributed by atoms with E-state index in [1.165, 1.54) is 19.3 Å². The van der Waals surface area contributed by atoms with Crippen LogP contribution < -0.4 is 5.32 Å². The van der Waals surface area contributed by atoms with Crippen LogP contribution in [0, 0.1) is 10.8 Å². The van der Waals surface area contributed by atoms with Gasteiger partial charge in [-0.1, -0.05) is 40.0 Å². The summed E-state index contributed by atoms with van der Waals surface area (Å²) in [5.74, 6) is 0. The summed E-state index contributed by atoms with van der Waals surface area (Å²) in [5.41, 5.74) is 0.236. The summed E-state index contributed by atoms with van der Waals surface area (Å²) in [6, 6.07) is 0. The molecule has 1 rings (SSSR count). The van der Waals surface area contributed by atoms with Gasteiger partial charge in [-0.05, 0) is 24.7 Å². The summed E-state index contributed by atoms with van der Waals surface area (Å²) in [5, 5.41) is 22.9.